The van der Waals surface area contributed by atoms with Crippen LogP contribution in [0.5, 0.6) is 0 Å². The van der Waals surface area contributed by atoms with Gasteiger partial charge in [-0.25, -0.2) is 0 Å². The molecule has 2 saturated heterocycles. The minimum absolute atomic E-state index is 0.393. The second-order valence-corrected chi connectivity index (χ2v) is 20.2. The SMILES string of the molecule is CCCCCCCCCP1(O)(c2ccccc2)OC23CCCC2(O1)OP(O)(CCCCCCCCC)(c1ccccc1)O3. The zero-order chi connectivity index (χ0) is 30.4. The van der Waals surface area contributed by atoms with Crippen LogP contribution in [0.2, 0.25) is 0 Å². The van der Waals surface area contributed by atoms with Crippen molar-refractivity contribution >= 4 is 25.2 Å². The van der Waals surface area contributed by atoms with Crippen molar-refractivity contribution in [3.63, 3.8) is 0 Å². The first-order chi connectivity index (χ1) is 20.7. The van der Waals surface area contributed by atoms with Crippen LogP contribution in [0.3, 0.4) is 0 Å². The molecular formula is C35H56O6P2. The molecule has 242 valence electrons. The average molecular weight is 635 g/mol. The minimum atomic E-state index is -4.40. The summed E-state index contributed by atoms with van der Waals surface area (Å²) >= 11 is 0. The average Bonchev–Trinajstić information content (AvgIpc) is 3.50. The summed E-state index contributed by atoms with van der Waals surface area (Å²) in [4.78, 5) is 25.7. The topological polar surface area (TPSA) is 77.4 Å². The predicted octanol–water partition coefficient (Wildman–Crippen LogP) is 9.39. The van der Waals surface area contributed by atoms with Crippen LogP contribution >= 0.6 is 14.6 Å². The summed E-state index contributed by atoms with van der Waals surface area (Å²) in [6.07, 6.45) is 18.3. The molecule has 0 spiro atoms. The van der Waals surface area contributed by atoms with E-state index in [1.807, 2.05) is 60.7 Å². The van der Waals surface area contributed by atoms with Crippen molar-refractivity contribution in [1.82, 2.24) is 0 Å². The third-order valence-corrected chi connectivity index (χ3v) is 17.3. The molecule has 5 rings (SSSR count). The van der Waals surface area contributed by atoms with Gasteiger partial charge in [0, 0.05) is 0 Å². The molecule has 2 aliphatic heterocycles. The van der Waals surface area contributed by atoms with Crippen molar-refractivity contribution in [2.24, 2.45) is 0 Å². The Morgan fingerprint density at radius 1 is 0.512 bits per heavy atom. The molecule has 1 aliphatic carbocycles. The van der Waals surface area contributed by atoms with Crippen LogP contribution in [-0.4, -0.2) is 33.7 Å². The predicted molar refractivity (Wildman–Crippen MR) is 180 cm³/mol. The number of hydrogen-bond acceptors (Lipinski definition) is 6. The van der Waals surface area contributed by atoms with Gasteiger partial charge in [0.05, 0.1) is 0 Å². The molecular weight excluding hydrogens is 578 g/mol. The van der Waals surface area contributed by atoms with Crippen molar-refractivity contribution in [3.05, 3.63) is 60.7 Å². The summed E-state index contributed by atoms with van der Waals surface area (Å²) < 4.78 is 28.0. The van der Waals surface area contributed by atoms with E-state index in [1.54, 1.807) is 0 Å². The van der Waals surface area contributed by atoms with Gasteiger partial charge in [0.1, 0.15) is 0 Å². The summed E-state index contributed by atoms with van der Waals surface area (Å²) in [6, 6.07) is 19.2. The van der Waals surface area contributed by atoms with Crippen molar-refractivity contribution in [2.45, 2.75) is 135 Å². The van der Waals surface area contributed by atoms with Gasteiger partial charge in [0.15, 0.2) is 0 Å². The molecule has 3 aliphatic rings. The zero-order valence-electron chi connectivity index (χ0n) is 26.6. The normalized spacial score (nSPS) is 29.6. The van der Waals surface area contributed by atoms with Gasteiger partial charge in [-0.3, -0.25) is 0 Å². The third-order valence-electron chi connectivity index (χ3n) is 9.78. The summed E-state index contributed by atoms with van der Waals surface area (Å²) in [5.74, 6) is -2.69. The number of rotatable bonds is 18. The van der Waals surface area contributed by atoms with E-state index >= 15 is 0 Å². The molecule has 0 unspecified atom stereocenters. The molecule has 3 fully saturated rings. The van der Waals surface area contributed by atoms with E-state index in [1.165, 1.54) is 51.4 Å². The van der Waals surface area contributed by atoms with E-state index in [0.29, 0.717) is 35.8 Å². The zero-order valence-corrected chi connectivity index (χ0v) is 28.4. The van der Waals surface area contributed by atoms with Gasteiger partial charge in [-0.05, 0) is 0 Å². The molecule has 0 amide bonds. The van der Waals surface area contributed by atoms with E-state index in [9.17, 15) is 9.79 Å². The molecule has 2 aromatic carbocycles. The second-order valence-electron chi connectivity index (χ2n) is 13.2. The number of unbranched alkanes of at least 4 members (excludes halogenated alkanes) is 12. The summed E-state index contributed by atoms with van der Waals surface area (Å²) in [6.45, 7) is 4.46. The van der Waals surface area contributed by atoms with Gasteiger partial charge in [0.2, 0.25) is 0 Å². The fourth-order valence-electron chi connectivity index (χ4n) is 7.47. The molecule has 2 heterocycles. The Kier molecular flexibility index (Phi) is 10.4. The molecule has 2 N–H and O–H groups in total. The fourth-order valence-corrected chi connectivity index (χ4v) is 15.6. The van der Waals surface area contributed by atoms with Crippen LogP contribution in [0.25, 0.3) is 0 Å². The molecule has 0 radical (unpaired) electrons. The van der Waals surface area contributed by atoms with Crippen LogP contribution in [0, 0.1) is 0 Å². The van der Waals surface area contributed by atoms with Crippen LogP contribution in [0.4, 0.5) is 0 Å². The Labute approximate surface area is 260 Å². The Bertz CT molecular complexity index is 1070. The Balaban J connectivity index is 1.41. The summed E-state index contributed by atoms with van der Waals surface area (Å²) in [7, 11) is -8.80. The molecule has 0 atom stereocenters. The van der Waals surface area contributed by atoms with Gasteiger partial charge in [0.25, 0.3) is 0 Å². The van der Waals surface area contributed by atoms with Crippen LogP contribution in [0.1, 0.15) is 123 Å². The number of benzene rings is 2. The Morgan fingerprint density at radius 2 is 0.837 bits per heavy atom. The van der Waals surface area contributed by atoms with Gasteiger partial charge >= 0.3 is 261 Å². The Hall–Kier alpha value is -0.940. The quantitative estimate of drug-likeness (QED) is 0.126. The van der Waals surface area contributed by atoms with Gasteiger partial charge in [-0.2, -0.15) is 0 Å². The monoisotopic (exact) mass is 634 g/mol. The maximum atomic E-state index is 12.9. The molecule has 8 heteroatoms. The summed E-state index contributed by atoms with van der Waals surface area (Å²) in [5.41, 5.74) is 0. The van der Waals surface area contributed by atoms with Crippen molar-refractivity contribution in [1.29, 1.82) is 0 Å². The molecule has 6 nitrogen and oxygen atoms in total. The first-order valence-electron chi connectivity index (χ1n) is 17.2. The van der Waals surface area contributed by atoms with Crippen LogP contribution in [-0.2, 0) is 18.1 Å². The van der Waals surface area contributed by atoms with E-state index in [2.05, 4.69) is 13.8 Å². The maximum absolute atomic E-state index is 12.9. The van der Waals surface area contributed by atoms with E-state index < -0.39 is 26.1 Å². The van der Waals surface area contributed by atoms with Crippen molar-refractivity contribution in [3.8, 4) is 0 Å². The molecule has 0 bridgehead atoms. The first kappa shape index (κ1) is 33.4. The summed E-state index contributed by atoms with van der Waals surface area (Å²) in [5, 5.41) is 1.35. The number of hydrogen-bond donors (Lipinski definition) is 2. The Morgan fingerprint density at radius 3 is 1.19 bits per heavy atom. The third kappa shape index (κ3) is 6.51. The second kappa shape index (κ2) is 13.4. The standard InChI is InChI=1S/C35H56O6P2/c1-3-5-7-9-11-13-21-30-42(36,32-24-17-15-18-25-32)38-34-28-23-29-35(34,39-42)41-43(37,40-34,33-26-19-16-20-27-33)31-22-14-12-10-8-6-4-2/h15-20,24-27,36-37H,3-14,21-23,28-31H2,1-2H3. The fraction of sp³-hybridized carbons (Fsp3) is 0.657. The van der Waals surface area contributed by atoms with Gasteiger partial charge in [-0.1, -0.05) is 0 Å². The molecule has 0 aromatic heterocycles. The van der Waals surface area contributed by atoms with Gasteiger partial charge in [-0.15, -0.1) is 0 Å². The van der Waals surface area contributed by atoms with Gasteiger partial charge < -0.3 is 0 Å². The molecule has 1 saturated carbocycles. The first-order valence-corrected chi connectivity index (χ1v) is 21.6. The molecule has 43 heavy (non-hydrogen) atoms. The molecule has 2 aromatic rings. The van der Waals surface area contributed by atoms with E-state index in [4.69, 9.17) is 18.1 Å². The van der Waals surface area contributed by atoms with E-state index in [0.717, 1.165) is 44.9 Å². The van der Waals surface area contributed by atoms with Crippen molar-refractivity contribution < 1.29 is 27.9 Å². The van der Waals surface area contributed by atoms with Crippen molar-refractivity contribution in [2.75, 3.05) is 12.3 Å². The van der Waals surface area contributed by atoms with Crippen LogP contribution in [0.15, 0.2) is 60.7 Å². The van der Waals surface area contributed by atoms with Crippen LogP contribution < -0.4 is 10.6 Å². The van der Waals surface area contributed by atoms with E-state index in [-0.39, 0.29) is 0 Å².